The zero-order valence-electron chi connectivity index (χ0n) is 11.9. The number of rotatable bonds is 7. The van der Waals surface area contributed by atoms with Gasteiger partial charge in [-0.25, -0.2) is 0 Å². The Morgan fingerprint density at radius 1 is 1.32 bits per heavy atom. The number of hydrogen-bond acceptors (Lipinski definition) is 4. The summed E-state index contributed by atoms with van der Waals surface area (Å²) in [5, 5.41) is 0. The molecule has 106 valence electrons. The van der Waals surface area contributed by atoms with Crippen LogP contribution in [0.5, 0.6) is 5.75 Å². The Balaban J connectivity index is 2.38. The highest BCUT2D eigenvalue weighted by Crippen LogP contribution is 2.19. The molecule has 5 heteroatoms. The highest BCUT2D eigenvalue weighted by Gasteiger charge is 2.10. The Kier molecular flexibility index (Phi) is 6.15. The number of hydrogen-bond donors (Lipinski definition) is 1. The summed E-state index contributed by atoms with van der Waals surface area (Å²) in [4.78, 5) is 15.3. The van der Waals surface area contributed by atoms with E-state index in [1.807, 2.05) is 36.1 Å². The molecule has 1 aromatic carbocycles. The second-order valence-electron chi connectivity index (χ2n) is 4.54. The van der Waals surface area contributed by atoms with E-state index in [1.54, 1.807) is 19.0 Å². The van der Waals surface area contributed by atoms with Gasteiger partial charge in [0.25, 0.3) is 0 Å². The lowest BCUT2D eigenvalue weighted by Gasteiger charge is -2.22. The SMILES string of the molecule is CCN(CCOc1ccccc1N)CC(=O)N(C)C. The minimum atomic E-state index is 0.0982. The second-order valence-corrected chi connectivity index (χ2v) is 4.54. The summed E-state index contributed by atoms with van der Waals surface area (Å²) in [5.41, 5.74) is 6.43. The van der Waals surface area contributed by atoms with E-state index in [-0.39, 0.29) is 5.91 Å². The number of carbonyl (C=O) groups excluding carboxylic acids is 1. The van der Waals surface area contributed by atoms with Crippen molar-refractivity contribution in [2.45, 2.75) is 6.92 Å². The molecule has 0 fully saturated rings. The number of amides is 1. The molecular formula is C14H23N3O2. The summed E-state index contributed by atoms with van der Waals surface area (Å²) in [6.45, 7) is 4.47. The van der Waals surface area contributed by atoms with E-state index >= 15 is 0 Å². The third-order valence-corrected chi connectivity index (χ3v) is 2.89. The van der Waals surface area contributed by atoms with Gasteiger partial charge < -0.3 is 15.4 Å². The summed E-state index contributed by atoms with van der Waals surface area (Å²) < 4.78 is 5.62. The van der Waals surface area contributed by atoms with Crippen LogP contribution in [0, 0.1) is 0 Å². The van der Waals surface area contributed by atoms with Crippen molar-refractivity contribution in [2.75, 3.05) is 46.1 Å². The van der Waals surface area contributed by atoms with Gasteiger partial charge in [-0.05, 0) is 18.7 Å². The zero-order chi connectivity index (χ0) is 14.3. The van der Waals surface area contributed by atoms with Gasteiger partial charge in [0.1, 0.15) is 12.4 Å². The largest absolute Gasteiger partial charge is 0.490 e. The van der Waals surface area contributed by atoms with E-state index in [0.29, 0.717) is 31.1 Å². The van der Waals surface area contributed by atoms with Crippen LogP contribution in [0.3, 0.4) is 0 Å². The molecule has 0 bridgehead atoms. The van der Waals surface area contributed by atoms with Crippen molar-refractivity contribution < 1.29 is 9.53 Å². The summed E-state index contributed by atoms with van der Waals surface area (Å²) >= 11 is 0. The number of likely N-dealkylation sites (N-methyl/N-ethyl adjacent to an activating group) is 2. The summed E-state index contributed by atoms with van der Waals surface area (Å²) in [6.07, 6.45) is 0. The monoisotopic (exact) mass is 265 g/mol. The quantitative estimate of drug-likeness (QED) is 0.749. The maximum atomic E-state index is 11.6. The number of benzene rings is 1. The van der Waals surface area contributed by atoms with Crippen molar-refractivity contribution in [3.05, 3.63) is 24.3 Å². The van der Waals surface area contributed by atoms with Gasteiger partial charge in [0.05, 0.1) is 12.2 Å². The minimum absolute atomic E-state index is 0.0982. The summed E-state index contributed by atoms with van der Waals surface area (Å²) in [5.74, 6) is 0.790. The molecule has 0 heterocycles. The van der Waals surface area contributed by atoms with Crippen LogP contribution < -0.4 is 10.5 Å². The van der Waals surface area contributed by atoms with E-state index < -0.39 is 0 Å². The molecule has 2 N–H and O–H groups in total. The van der Waals surface area contributed by atoms with Crippen molar-refractivity contribution >= 4 is 11.6 Å². The van der Waals surface area contributed by atoms with Crippen LogP contribution in [0.4, 0.5) is 5.69 Å². The molecule has 0 saturated heterocycles. The lowest BCUT2D eigenvalue weighted by atomic mass is 10.3. The van der Waals surface area contributed by atoms with E-state index in [2.05, 4.69) is 0 Å². The Morgan fingerprint density at radius 3 is 2.58 bits per heavy atom. The lowest BCUT2D eigenvalue weighted by molar-refractivity contribution is -0.129. The summed E-state index contributed by atoms with van der Waals surface area (Å²) in [6, 6.07) is 7.41. The van der Waals surface area contributed by atoms with Gasteiger partial charge >= 0.3 is 0 Å². The first-order chi connectivity index (χ1) is 9.04. The molecule has 0 aliphatic carbocycles. The first kappa shape index (κ1) is 15.3. The van der Waals surface area contributed by atoms with Gasteiger partial charge in [0.15, 0.2) is 0 Å². The van der Waals surface area contributed by atoms with Gasteiger partial charge in [0.2, 0.25) is 5.91 Å². The first-order valence-corrected chi connectivity index (χ1v) is 6.44. The van der Waals surface area contributed by atoms with E-state index in [0.717, 1.165) is 6.54 Å². The number of ether oxygens (including phenoxy) is 1. The van der Waals surface area contributed by atoms with Crippen LogP contribution in [0.2, 0.25) is 0 Å². The Bertz CT molecular complexity index is 407. The van der Waals surface area contributed by atoms with Gasteiger partial charge in [-0.2, -0.15) is 0 Å². The van der Waals surface area contributed by atoms with Crippen LogP contribution in [-0.4, -0.2) is 56.0 Å². The molecule has 1 rings (SSSR count). The van der Waals surface area contributed by atoms with Crippen molar-refractivity contribution in [2.24, 2.45) is 0 Å². The molecular weight excluding hydrogens is 242 g/mol. The molecule has 0 aliphatic rings. The molecule has 0 radical (unpaired) electrons. The maximum Gasteiger partial charge on any atom is 0.236 e. The predicted octanol–water partition coefficient (Wildman–Crippen LogP) is 1.06. The number of carbonyl (C=O) groups is 1. The Hall–Kier alpha value is -1.75. The van der Waals surface area contributed by atoms with Crippen LogP contribution in [0.25, 0.3) is 0 Å². The van der Waals surface area contributed by atoms with Crippen molar-refractivity contribution in [1.29, 1.82) is 0 Å². The molecule has 0 saturated carbocycles. The standard InChI is InChI=1S/C14H23N3O2/c1-4-17(11-14(18)16(2)3)9-10-19-13-8-6-5-7-12(13)15/h5-8H,4,9-11,15H2,1-3H3. The van der Waals surface area contributed by atoms with Crippen molar-refractivity contribution in [1.82, 2.24) is 9.80 Å². The third kappa shape index (κ3) is 5.18. The fourth-order valence-electron chi connectivity index (χ4n) is 1.58. The number of nitrogens with zero attached hydrogens (tertiary/aromatic N) is 2. The van der Waals surface area contributed by atoms with Crippen LogP contribution in [0.1, 0.15) is 6.92 Å². The van der Waals surface area contributed by atoms with Gasteiger partial charge in [-0.15, -0.1) is 0 Å². The molecule has 1 aromatic rings. The fraction of sp³-hybridized carbons (Fsp3) is 0.500. The Labute approximate surface area is 114 Å². The highest BCUT2D eigenvalue weighted by molar-refractivity contribution is 5.77. The number of para-hydroxylation sites is 2. The molecule has 0 unspecified atom stereocenters. The van der Waals surface area contributed by atoms with Crippen molar-refractivity contribution in [3.8, 4) is 5.75 Å². The molecule has 0 spiro atoms. The maximum absolute atomic E-state index is 11.6. The topological polar surface area (TPSA) is 58.8 Å². The van der Waals surface area contributed by atoms with Crippen LogP contribution in [-0.2, 0) is 4.79 Å². The Morgan fingerprint density at radius 2 is 2.00 bits per heavy atom. The average Bonchev–Trinajstić information content (AvgIpc) is 2.39. The molecule has 0 aliphatic heterocycles. The molecule has 5 nitrogen and oxygen atoms in total. The lowest BCUT2D eigenvalue weighted by Crippen LogP contribution is -2.38. The smallest absolute Gasteiger partial charge is 0.236 e. The predicted molar refractivity (Wildman–Crippen MR) is 77.2 cm³/mol. The molecule has 19 heavy (non-hydrogen) atoms. The number of nitrogens with two attached hydrogens (primary N) is 1. The highest BCUT2D eigenvalue weighted by atomic mass is 16.5. The van der Waals surface area contributed by atoms with Gasteiger partial charge in [0, 0.05) is 20.6 Å². The molecule has 0 aromatic heterocycles. The second kappa shape index (κ2) is 7.63. The molecule has 1 amide bonds. The minimum Gasteiger partial charge on any atom is -0.490 e. The van der Waals surface area contributed by atoms with Crippen LogP contribution >= 0.6 is 0 Å². The van der Waals surface area contributed by atoms with Crippen LogP contribution in [0.15, 0.2) is 24.3 Å². The fourth-order valence-corrected chi connectivity index (χ4v) is 1.58. The number of anilines is 1. The van der Waals surface area contributed by atoms with E-state index in [9.17, 15) is 4.79 Å². The summed E-state index contributed by atoms with van der Waals surface area (Å²) in [7, 11) is 3.52. The first-order valence-electron chi connectivity index (χ1n) is 6.44. The van der Waals surface area contributed by atoms with Gasteiger partial charge in [-0.1, -0.05) is 19.1 Å². The van der Waals surface area contributed by atoms with Gasteiger partial charge in [-0.3, -0.25) is 9.69 Å². The number of nitrogen functional groups attached to an aromatic ring is 1. The normalized spacial score (nSPS) is 10.5. The van der Waals surface area contributed by atoms with E-state index in [4.69, 9.17) is 10.5 Å². The molecule has 0 atom stereocenters. The average molecular weight is 265 g/mol. The third-order valence-electron chi connectivity index (χ3n) is 2.89. The van der Waals surface area contributed by atoms with Crippen molar-refractivity contribution in [3.63, 3.8) is 0 Å². The zero-order valence-corrected chi connectivity index (χ0v) is 11.9. The van der Waals surface area contributed by atoms with E-state index in [1.165, 1.54) is 0 Å².